The van der Waals surface area contributed by atoms with Crippen LogP contribution >= 0.6 is 0 Å². The number of methoxy groups -OCH3 is 2. The number of ether oxygens (including phenoxy) is 2. The summed E-state index contributed by atoms with van der Waals surface area (Å²) in [5.74, 6) is 0.851. The molecule has 0 atom stereocenters. The predicted molar refractivity (Wildman–Crippen MR) is 109 cm³/mol. The number of carbonyl (C=O) groups is 2. The summed E-state index contributed by atoms with van der Waals surface area (Å²) in [6.45, 7) is 4.38. The standard InChI is InChI=1S/C21H33N3O4/c1-4-22-20(26)24-14-11-21(12-15-24,13-16-27-2)23-19(25)10-7-17-5-8-18(28-3)9-6-17/h5-6,8-9H,4,7,10-16H2,1-3H3,(H,22,26)(H,23,25). The number of hydrogen-bond acceptors (Lipinski definition) is 4. The largest absolute Gasteiger partial charge is 0.497 e. The monoisotopic (exact) mass is 391 g/mol. The zero-order valence-electron chi connectivity index (χ0n) is 17.3. The van der Waals surface area contributed by atoms with E-state index in [0.29, 0.717) is 39.1 Å². The van der Waals surface area contributed by atoms with Crippen molar-refractivity contribution in [2.75, 3.05) is 40.5 Å². The molecule has 0 aliphatic carbocycles. The van der Waals surface area contributed by atoms with E-state index in [9.17, 15) is 9.59 Å². The summed E-state index contributed by atoms with van der Waals surface area (Å²) in [5, 5.41) is 6.09. The summed E-state index contributed by atoms with van der Waals surface area (Å²) in [4.78, 5) is 26.5. The van der Waals surface area contributed by atoms with Gasteiger partial charge in [-0.1, -0.05) is 12.1 Å². The SMILES string of the molecule is CCNC(=O)N1CCC(CCOC)(NC(=O)CCc2ccc(OC)cc2)CC1. The molecule has 28 heavy (non-hydrogen) atoms. The van der Waals surface area contributed by atoms with Crippen molar-refractivity contribution in [3.63, 3.8) is 0 Å². The van der Waals surface area contributed by atoms with E-state index in [1.165, 1.54) is 0 Å². The lowest BCUT2D eigenvalue weighted by Crippen LogP contribution is -2.57. The molecule has 0 saturated carbocycles. The van der Waals surface area contributed by atoms with Crippen molar-refractivity contribution in [1.82, 2.24) is 15.5 Å². The molecule has 0 bridgehead atoms. The molecule has 1 fully saturated rings. The second-order valence-corrected chi connectivity index (χ2v) is 7.24. The van der Waals surface area contributed by atoms with Crippen LogP contribution in [0.1, 0.15) is 38.2 Å². The van der Waals surface area contributed by atoms with E-state index in [2.05, 4.69) is 10.6 Å². The molecule has 7 nitrogen and oxygen atoms in total. The van der Waals surface area contributed by atoms with E-state index in [1.807, 2.05) is 36.1 Å². The Hall–Kier alpha value is -2.28. The Labute approximate surface area is 167 Å². The van der Waals surface area contributed by atoms with Gasteiger partial charge >= 0.3 is 6.03 Å². The molecule has 1 aliphatic rings. The van der Waals surface area contributed by atoms with Crippen LogP contribution in [0.15, 0.2) is 24.3 Å². The highest BCUT2D eigenvalue weighted by molar-refractivity contribution is 5.77. The van der Waals surface area contributed by atoms with Crippen LogP contribution in [0.5, 0.6) is 5.75 Å². The van der Waals surface area contributed by atoms with Crippen molar-refractivity contribution in [2.45, 2.75) is 44.6 Å². The van der Waals surface area contributed by atoms with E-state index < -0.39 is 0 Å². The lowest BCUT2D eigenvalue weighted by Gasteiger charge is -2.42. The van der Waals surface area contributed by atoms with Crippen molar-refractivity contribution < 1.29 is 19.1 Å². The Balaban J connectivity index is 1.89. The fourth-order valence-electron chi connectivity index (χ4n) is 3.54. The average molecular weight is 392 g/mol. The second-order valence-electron chi connectivity index (χ2n) is 7.24. The zero-order chi connectivity index (χ0) is 20.4. The highest BCUT2D eigenvalue weighted by Crippen LogP contribution is 2.26. The maximum absolute atomic E-state index is 12.6. The lowest BCUT2D eigenvalue weighted by atomic mass is 9.84. The Kier molecular flexibility index (Phi) is 8.57. The fourth-order valence-corrected chi connectivity index (χ4v) is 3.54. The third-order valence-corrected chi connectivity index (χ3v) is 5.32. The number of nitrogens with one attached hydrogen (secondary N) is 2. The number of benzene rings is 1. The lowest BCUT2D eigenvalue weighted by molar-refractivity contribution is -0.123. The van der Waals surface area contributed by atoms with Crippen molar-refractivity contribution >= 4 is 11.9 Å². The molecule has 2 N–H and O–H groups in total. The Morgan fingerprint density at radius 1 is 1.14 bits per heavy atom. The van der Waals surface area contributed by atoms with Crippen LogP contribution in [0.3, 0.4) is 0 Å². The van der Waals surface area contributed by atoms with Crippen LogP contribution in [0.2, 0.25) is 0 Å². The molecular formula is C21H33N3O4. The Morgan fingerprint density at radius 3 is 2.39 bits per heavy atom. The molecule has 156 valence electrons. The van der Waals surface area contributed by atoms with Crippen LogP contribution in [-0.2, 0) is 16.0 Å². The van der Waals surface area contributed by atoms with E-state index in [-0.39, 0.29) is 17.5 Å². The van der Waals surface area contributed by atoms with E-state index in [0.717, 1.165) is 30.6 Å². The fraction of sp³-hybridized carbons (Fsp3) is 0.619. The van der Waals surface area contributed by atoms with Gasteiger partial charge in [0.2, 0.25) is 5.91 Å². The number of nitrogens with zero attached hydrogens (tertiary/aromatic N) is 1. The van der Waals surface area contributed by atoms with Crippen LogP contribution in [0.25, 0.3) is 0 Å². The number of rotatable bonds is 9. The first-order valence-electron chi connectivity index (χ1n) is 9.97. The maximum atomic E-state index is 12.6. The topological polar surface area (TPSA) is 79.9 Å². The average Bonchev–Trinajstić information content (AvgIpc) is 2.72. The van der Waals surface area contributed by atoms with Gasteiger partial charge in [0.25, 0.3) is 0 Å². The van der Waals surface area contributed by atoms with Gasteiger partial charge in [0.05, 0.1) is 7.11 Å². The molecule has 0 radical (unpaired) electrons. The van der Waals surface area contributed by atoms with Gasteiger partial charge in [0, 0.05) is 45.3 Å². The third-order valence-electron chi connectivity index (χ3n) is 5.32. The smallest absolute Gasteiger partial charge is 0.317 e. The summed E-state index contributed by atoms with van der Waals surface area (Å²) in [5.41, 5.74) is 0.795. The van der Waals surface area contributed by atoms with Gasteiger partial charge in [-0.2, -0.15) is 0 Å². The third kappa shape index (κ3) is 6.41. The molecule has 0 spiro atoms. The number of piperidine rings is 1. The Bertz CT molecular complexity index is 625. The van der Waals surface area contributed by atoms with Gasteiger partial charge in [0.15, 0.2) is 0 Å². The molecular weight excluding hydrogens is 358 g/mol. The molecule has 1 saturated heterocycles. The van der Waals surface area contributed by atoms with E-state index in [4.69, 9.17) is 9.47 Å². The van der Waals surface area contributed by atoms with Gasteiger partial charge in [0.1, 0.15) is 5.75 Å². The summed E-state index contributed by atoms with van der Waals surface area (Å²) >= 11 is 0. The van der Waals surface area contributed by atoms with Crippen molar-refractivity contribution in [2.24, 2.45) is 0 Å². The number of aryl methyl sites for hydroxylation is 1. The highest BCUT2D eigenvalue weighted by Gasteiger charge is 2.36. The highest BCUT2D eigenvalue weighted by atomic mass is 16.5. The number of urea groups is 1. The summed E-state index contributed by atoms with van der Waals surface area (Å²) in [7, 11) is 3.31. The quantitative estimate of drug-likeness (QED) is 0.677. The molecule has 7 heteroatoms. The minimum Gasteiger partial charge on any atom is -0.497 e. The van der Waals surface area contributed by atoms with Gasteiger partial charge in [-0.25, -0.2) is 4.79 Å². The molecule has 0 aromatic heterocycles. The van der Waals surface area contributed by atoms with Crippen molar-refractivity contribution in [3.05, 3.63) is 29.8 Å². The first-order valence-corrected chi connectivity index (χ1v) is 9.97. The predicted octanol–water partition coefficient (Wildman–Crippen LogP) is 2.34. The van der Waals surface area contributed by atoms with Gasteiger partial charge in [-0.15, -0.1) is 0 Å². The molecule has 1 aromatic rings. The summed E-state index contributed by atoms with van der Waals surface area (Å²) in [6, 6.07) is 7.75. The normalized spacial score (nSPS) is 15.8. The minimum absolute atomic E-state index is 0.0336. The summed E-state index contributed by atoms with van der Waals surface area (Å²) < 4.78 is 10.4. The first kappa shape index (κ1) is 22.0. The molecule has 1 aliphatic heterocycles. The van der Waals surface area contributed by atoms with E-state index >= 15 is 0 Å². The van der Waals surface area contributed by atoms with Crippen molar-refractivity contribution in [1.29, 1.82) is 0 Å². The van der Waals surface area contributed by atoms with Crippen LogP contribution in [0.4, 0.5) is 4.79 Å². The number of likely N-dealkylation sites (tertiary alicyclic amines) is 1. The molecule has 3 amide bonds. The zero-order valence-corrected chi connectivity index (χ0v) is 17.3. The maximum Gasteiger partial charge on any atom is 0.317 e. The number of amides is 3. The van der Waals surface area contributed by atoms with Crippen LogP contribution < -0.4 is 15.4 Å². The molecule has 2 rings (SSSR count). The second kappa shape index (κ2) is 10.9. The first-order chi connectivity index (χ1) is 13.5. The Morgan fingerprint density at radius 2 is 1.82 bits per heavy atom. The molecule has 1 heterocycles. The van der Waals surface area contributed by atoms with Gasteiger partial charge < -0.3 is 25.0 Å². The molecule has 0 unspecified atom stereocenters. The summed E-state index contributed by atoms with van der Waals surface area (Å²) in [6.07, 6.45) is 3.34. The molecule has 1 aromatic carbocycles. The minimum atomic E-state index is -0.310. The van der Waals surface area contributed by atoms with Crippen molar-refractivity contribution in [3.8, 4) is 5.75 Å². The van der Waals surface area contributed by atoms with Gasteiger partial charge in [-0.3, -0.25) is 4.79 Å². The van der Waals surface area contributed by atoms with Gasteiger partial charge in [-0.05, 0) is 50.3 Å². The van der Waals surface area contributed by atoms with Crippen LogP contribution in [-0.4, -0.2) is 62.8 Å². The van der Waals surface area contributed by atoms with Crippen LogP contribution in [0, 0.1) is 0 Å². The number of hydrogen-bond donors (Lipinski definition) is 2. The number of carbonyl (C=O) groups excluding carboxylic acids is 2. The van der Waals surface area contributed by atoms with E-state index in [1.54, 1.807) is 14.2 Å².